The molecule has 2 aromatic rings. The zero-order valence-electron chi connectivity index (χ0n) is 15.1. The maximum Gasteiger partial charge on any atom is 0.391 e. The van der Waals surface area contributed by atoms with E-state index in [0.29, 0.717) is 9.55 Å². The van der Waals surface area contributed by atoms with Crippen molar-refractivity contribution in [3.8, 4) is 0 Å². The minimum absolute atomic E-state index is 0. The molecule has 0 N–H and O–H groups in total. The van der Waals surface area contributed by atoms with Gasteiger partial charge in [0, 0.05) is 5.02 Å². The SMILES string of the molecule is CC(C)(C)[N+](Cl)(C(=O)c1ccccc1Cl)N(Cl)C(=O)c1ccc(Cl)cc1Cl.Cl. The second-order valence-electron chi connectivity index (χ2n) is 6.70. The monoisotopic (exact) mass is 503 g/mol. The average Bonchev–Trinajstić information content (AvgIpc) is 2.58. The number of amides is 2. The van der Waals surface area contributed by atoms with E-state index in [0.717, 1.165) is 0 Å². The highest BCUT2D eigenvalue weighted by Gasteiger charge is 2.56. The molecule has 4 nitrogen and oxygen atoms in total. The zero-order valence-corrected chi connectivity index (χ0v) is 19.6. The minimum Gasteiger partial charge on any atom is -0.262 e. The van der Waals surface area contributed by atoms with Gasteiger partial charge in [0.15, 0.2) is 0 Å². The van der Waals surface area contributed by atoms with Crippen LogP contribution < -0.4 is 0 Å². The topological polar surface area (TPSA) is 37.4 Å². The first-order valence-electron chi connectivity index (χ1n) is 7.75. The number of benzene rings is 2. The van der Waals surface area contributed by atoms with Gasteiger partial charge in [-0.05, 0) is 55.2 Å². The molecular formula is C18H17Cl6N2O2+. The molecule has 0 aromatic heterocycles. The molecule has 0 fully saturated rings. The Kier molecular flexibility index (Phi) is 8.49. The van der Waals surface area contributed by atoms with Crippen molar-refractivity contribution in [1.29, 1.82) is 0 Å². The lowest BCUT2D eigenvalue weighted by atomic mass is 10.1. The van der Waals surface area contributed by atoms with Crippen LogP contribution in [0.25, 0.3) is 0 Å². The predicted molar refractivity (Wildman–Crippen MR) is 117 cm³/mol. The van der Waals surface area contributed by atoms with Crippen molar-refractivity contribution in [2.45, 2.75) is 26.3 Å². The Morgan fingerprint density at radius 3 is 2.00 bits per heavy atom. The molecule has 0 saturated heterocycles. The standard InChI is InChI=1S/C18H16Cl5N2O2.ClH/c1-18(2,3)25(23,17(27)13-6-4-5-7-14(13)20)24(22)16(26)12-9-8-11(19)10-15(12)21;/h4-10H,1-3H3;1H/q+1;. The van der Waals surface area contributed by atoms with Gasteiger partial charge in [0.1, 0.15) is 11.1 Å². The van der Waals surface area contributed by atoms with Crippen molar-refractivity contribution in [1.82, 2.24) is 4.53 Å². The fourth-order valence-electron chi connectivity index (χ4n) is 2.33. The Hall–Kier alpha value is -0.720. The van der Waals surface area contributed by atoms with Crippen LogP contribution in [-0.4, -0.2) is 26.0 Å². The summed E-state index contributed by atoms with van der Waals surface area (Å²) in [6, 6.07) is 10.7. The number of hydrogen-bond acceptors (Lipinski definition) is 2. The summed E-state index contributed by atoms with van der Waals surface area (Å²) >= 11 is 31.1. The molecule has 1 atom stereocenters. The van der Waals surface area contributed by atoms with E-state index in [1.54, 1.807) is 39.0 Å². The number of hydrogen-bond donors (Lipinski definition) is 0. The molecule has 2 amide bonds. The molecule has 0 heterocycles. The van der Waals surface area contributed by atoms with E-state index in [1.807, 2.05) is 0 Å². The van der Waals surface area contributed by atoms with Crippen LogP contribution in [0.5, 0.6) is 0 Å². The summed E-state index contributed by atoms with van der Waals surface area (Å²) in [6.45, 7) is 5.00. The van der Waals surface area contributed by atoms with Crippen LogP contribution in [0.3, 0.4) is 0 Å². The summed E-state index contributed by atoms with van der Waals surface area (Å²) in [5, 5.41) is 0.629. The van der Waals surface area contributed by atoms with Crippen molar-refractivity contribution < 1.29 is 13.7 Å². The molecule has 10 heteroatoms. The lowest BCUT2D eigenvalue weighted by Crippen LogP contribution is -2.64. The maximum atomic E-state index is 13.3. The molecule has 2 aromatic carbocycles. The number of rotatable bonds is 2. The van der Waals surface area contributed by atoms with Gasteiger partial charge < -0.3 is 0 Å². The molecule has 152 valence electrons. The molecule has 1 unspecified atom stereocenters. The third kappa shape index (κ3) is 4.71. The van der Waals surface area contributed by atoms with Gasteiger partial charge in [-0.1, -0.05) is 51.5 Å². The van der Waals surface area contributed by atoms with Crippen molar-refractivity contribution in [2.24, 2.45) is 0 Å². The molecule has 0 spiro atoms. The van der Waals surface area contributed by atoms with Crippen molar-refractivity contribution in [3.05, 3.63) is 68.7 Å². The van der Waals surface area contributed by atoms with E-state index in [-0.39, 0.29) is 33.6 Å². The van der Waals surface area contributed by atoms with Crippen molar-refractivity contribution >= 4 is 82.6 Å². The van der Waals surface area contributed by atoms with Crippen molar-refractivity contribution in [2.75, 3.05) is 0 Å². The van der Waals surface area contributed by atoms with Crippen LogP contribution in [0.2, 0.25) is 15.1 Å². The van der Waals surface area contributed by atoms with Gasteiger partial charge in [0.05, 0.1) is 27.4 Å². The third-order valence-electron chi connectivity index (χ3n) is 3.83. The first-order chi connectivity index (χ1) is 12.4. The molecule has 28 heavy (non-hydrogen) atoms. The van der Waals surface area contributed by atoms with Gasteiger partial charge in [-0.2, -0.15) is 0 Å². The van der Waals surface area contributed by atoms with Gasteiger partial charge in [0.25, 0.3) is 0 Å². The molecule has 2 rings (SSSR count). The van der Waals surface area contributed by atoms with Crippen molar-refractivity contribution in [3.63, 3.8) is 0 Å². The number of halogens is 6. The molecule has 0 aliphatic carbocycles. The van der Waals surface area contributed by atoms with E-state index < -0.39 is 21.5 Å². The van der Waals surface area contributed by atoms with Gasteiger partial charge in [-0.15, -0.1) is 12.4 Å². The predicted octanol–water partition coefficient (Wildman–Crippen LogP) is 7.19. The van der Waals surface area contributed by atoms with Crippen LogP contribution in [0, 0.1) is 0 Å². The van der Waals surface area contributed by atoms with Crippen LogP contribution in [0.4, 0.5) is 0 Å². The summed E-state index contributed by atoms with van der Waals surface area (Å²) in [4.78, 5) is 26.2. The Bertz CT molecular complexity index is 900. The van der Waals surface area contributed by atoms with Crippen LogP contribution in [0.1, 0.15) is 41.5 Å². The highest BCUT2D eigenvalue weighted by atomic mass is 35.5. The Morgan fingerprint density at radius 1 is 0.929 bits per heavy atom. The smallest absolute Gasteiger partial charge is 0.262 e. The van der Waals surface area contributed by atoms with Gasteiger partial charge in [0.2, 0.25) is 11.8 Å². The number of carbonyl (C=O) groups is 2. The summed E-state index contributed by atoms with van der Waals surface area (Å²) in [5.41, 5.74) is -0.825. The van der Waals surface area contributed by atoms with Crippen LogP contribution >= 0.6 is 70.8 Å². The molecule has 0 radical (unpaired) electrons. The molecule has 0 saturated carbocycles. The third-order valence-corrected chi connectivity index (χ3v) is 5.98. The Labute approximate surface area is 195 Å². The number of carbonyl (C=O) groups excluding carboxylic acids is 2. The van der Waals surface area contributed by atoms with E-state index >= 15 is 0 Å². The second-order valence-corrected chi connectivity index (χ2v) is 8.76. The second kappa shape index (κ2) is 9.40. The van der Waals surface area contributed by atoms with E-state index in [2.05, 4.69) is 0 Å². The fraction of sp³-hybridized carbons (Fsp3) is 0.222. The zero-order chi connectivity index (χ0) is 20.6. The van der Waals surface area contributed by atoms with E-state index in [9.17, 15) is 9.59 Å². The van der Waals surface area contributed by atoms with E-state index in [4.69, 9.17) is 58.4 Å². The molecular weight excluding hydrogens is 489 g/mol. The molecule has 0 aliphatic heterocycles. The lowest BCUT2D eigenvalue weighted by molar-refractivity contribution is -0.871. The normalized spacial score (nSPS) is 13.3. The van der Waals surface area contributed by atoms with Crippen LogP contribution in [0.15, 0.2) is 42.5 Å². The lowest BCUT2D eigenvalue weighted by Gasteiger charge is -2.40. The molecule has 0 aliphatic rings. The Morgan fingerprint density at radius 2 is 1.50 bits per heavy atom. The average molecular weight is 506 g/mol. The number of nitrogens with zero attached hydrogens (tertiary/aromatic N) is 2. The Balaban J connectivity index is 0.00000392. The minimum atomic E-state index is -1.09. The highest BCUT2D eigenvalue weighted by molar-refractivity contribution is 6.38. The summed E-state index contributed by atoms with van der Waals surface area (Å²) in [7, 11) is 0. The van der Waals surface area contributed by atoms with E-state index in [1.165, 1.54) is 24.3 Å². The van der Waals surface area contributed by atoms with Gasteiger partial charge in [-0.25, -0.2) is 4.79 Å². The highest BCUT2D eigenvalue weighted by Crippen LogP contribution is 2.38. The largest absolute Gasteiger partial charge is 0.391 e. The van der Waals surface area contributed by atoms with Crippen LogP contribution in [-0.2, 0) is 0 Å². The fourth-order valence-corrected chi connectivity index (χ4v) is 3.58. The van der Waals surface area contributed by atoms with Gasteiger partial charge in [-0.3, -0.25) is 4.79 Å². The number of quaternary nitrogens is 1. The first-order valence-corrected chi connectivity index (χ1v) is 9.56. The first kappa shape index (κ1) is 25.3. The summed E-state index contributed by atoms with van der Waals surface area (Å²) < 4.78 is -0.474. The molecule has 0 bridgehead atoms. The summed E-state index contributed by atoms with van der Waals surface area (Å²) in [5.74, 6) is -1.42. The quantitative estimate of drug-likeness (QED) is 0.320. The maximum absolute atomic E-state index is 13.3. The summed E-state index contributed by atoms with van der Waals surface area (Å²) in [6.07, 6.45) is 0. The van der Waals surface area contributed by atoms with Gasteiger partial charge >= 0.3 is 11.8 Å².